The fourth-order valence-corrected chi connectivity index (χ4v) is 2.91. The number of methoxy groups -OCH3 is 1. The van der Waals surface area contributed by atoms with Gasteiger partial charge in [0.1, 0.15) is 5.52 Å². The molecule has 0 bridgehead atoms. The van der Waals surface area contributed by atoms with Crippen molar-refractivity contribution in [3.8, 4) is 22.8 Å². The molecule has 6 nitrogen and oxygen atoms in total. The van der Waals surface area contributed by atoms with Crippen molar-refractivity contribution in [2.45, 2.75) is 13.2 Å². The minimum absolute atomic E-state index is 0.453. The minimum atomic E-state index is -3.11. The summed E-state index contributed by atoms with van der Waals surface area (Å²) < 4.78 is 49.7. The Morgan fingerprint density at radius 3 is 2.59 bits per heavy atom. The van der Waals surface area contributed by atoms with Crippen LogP contribution in [0.15, 0.2) is 55.0 Å². The molecule has 3 aromatic heterocycles. The molecule has 9 heteroatoms. The van der Waals surface area contributed by atoms with Crippen LogP contribution in [0.5, 0.6) is 11.6 Å². The van der Waals surface area contributed by atoms with Gasteiger partial charge in [0.05, 0.1) is 25.4 Å². The minimum Gasteiger partial charge on any atom is -0.481 e. The Morgan fingerprint density at radius 1 is 1.00 bits per heavy atom. The summed E-state index contributed by atoms with van der Waals surface area (Å²) in [6.45, 7) is -2.66. The van der Waals surface area contributed by atoms with Crippen LogP contribution in [0.3, 0.4) is 0 Å². The molecule has 148 valence electrons. The first-order chi connectivity index (χ1) is 14.0. The van der Waals surface area contributed by atoms with Gasteiger partial charge in [-0.3, -0.25) is 9.67 Å². The Morgan fingerprint density at radius 2 is 1.86 bits per heavy atom. The first-order valence-corrected chi connectivity index (χ1v) is 8.58. The Hall–Kier alpha value is -3.62. The molecule has 0 atom stereocenters. The number of halogens is 3. The Balaban J connectivity index is 1.68. The maximum atomic E-state index is 13.7. The van der Waals surface area contributed by atoms with Crippen molar-refractivity contribution in [3.05, 3.63) is 66.4 Å². The van der Waals surface area contributed by atoms with Crippen molar-refractivity contribution in [2.75, 3.05) is 7.11 Å². The van der Waals surface area contributed by atoms with Crippen LogP contribution in [-0.2, 0) is 6.54 Å². The highest BCUT2D eigenvalue weighted by Gasteiger charge is 2.13. The molecule has 0 unspecified atom stereocenters. The molecular formula is C20H15F3N4O2. The van der Waals surface area contributed by atoms with Crippen molar-refractivity contribution in [2.24, 2.45) is 0 Å². The van der Waals surface area contributed by atoms with Gasteiger partial charge in [0.2, 0.25) is 5.88 Å². The molecule has 0 aliphatic heterocycles. The summed E-state index contributed by atoms with van der Waals surface area (Å²) in [4.78, 5) is 8.53. The lowest BCUT2D eigenvalue weighted by Gasteiger charge is -2.09. The molecule has 3 heterocycles. The zero-order valence-electron chi connectivity index (χ0n) is 15.2. The van der Waals surface area contributed by atoms with Gasteiger partial charge >= 0.3 is 6.61 Å². The third-order valence-corrected chi connectivity index (χ3v) is 4.31. The zero-order chi connectivity index (χ0) is 20.4. The van der Waals surface area contributed by atoms with E-state index in [0.29, 0.717) is 29.1 Å². The SMILES string of the molecule is COc1ccc(Cn2ncc3ncc(-c4ccc(F)c(OC(F)F)c4)cc32)cn1. The highest BCUT2D eigenvalue weighted by Crippen LogP contribution is 2.29. The second-order valence-electron chi connectivity index (χ2n) is 6.16. The van der Waals surface area contributed by atoms with Gasteiger partial charge in [-0.2, -0.15) is 13.9 Å². The van der Waals surface area contributed by atoms with E-state index in [1.165, 1.54) is 12.1 Å². The molecule has 29 heavy (non-hydrogen) atoms. The van der Waals surface area contributed by atoms with Crippen molar-refractivity contribution < 1.29 is 22.6 Å². The zero-order valence-corrected chi connectivity index (χ0v) is 15.2. The molecule has 0 saturated carbocycles. The summed E-state index contributed by atoms with van der Waals surface area (Å²) in [5.41, 5.74) is 3.43. The van der Waals surface area contributed by atoms with E-state index in [2.05, 4.69) is 19.8 Å². The smallest absolute Gasteiger partial charge is 0.387 e. The van der Waals surface area contributed by atoms with E-state index < -0.39 is 18.2 Å². The molecule has 0 amide bonds. The number of hydrogen-bond acceptors (Lipinski definition) is 5. The van der Waals surface area contributed by atoms with Gasteiger partial charge in [-0.15, -0.1) is 0 Å². The predicted octanol–water partition coefficient (Wildman–Crippen LogP) is 4.29. The quantitative estimate of drug-likeness (QED) is 0.483. The van der Waals surface area contributed by atoms with Crippen molar-refractivity contribution in [1.82, 2.24) is 19.7 Å². The maximum absolute atomic E-state index is 13.7. The number of pyridine rings is 2. The van der Waals surface area contributed by atoms with Crippen LogP contribution < -0.4 is 9.47 Å². The summed E-state index contributed by atoms with van der Waals surface area (Å²) in [5, 5.41) is 4.35. The molecule has 4 rings (SSSR count). The molecule has 0 radical (unpaired) electrons. The Bertz CT molecular complexity index is 1150. The molecule has 0 aliphatic carbocycles. The van der Waals surface area contributed by atoms with Crippen molar-refractivity contribution in [3.63, 3.8) is 0 Å². The van der Waals surface area contributed by atoms with E-state index in [1.54, 1.807) is 36.4 Å². The number of rotatable bonds is 6. The molecule has 1 aromatic carbocycles. The van der Waals surface area contributed by atoms with E-state index in [0.717, 1.165) is 17.1 Å². The predicted molar refractivity (Wildman–Crippen MR) is 99.4 cm³/mol. The molecule has 0 spiro atoms. The number of benzene rings is 1. The number of alkyl halides is 2. The summed E-state index contributed by atoms with van der Waals surface area (Å²) in [7, 11) is 1.55. The second kappa shape index (κ2) is 7.78. The Labute approximate surface area is 163 Å². The number of ether oxygens (including phenoxy) is 2. The summed E-state index contributed by atoms with van der Waals surface area (Å²) in [6, 6.07) is 9.23. The van der Waals surface area contributed by atoms with Gasteiger partial charge in [0.25, 0.3) is 0 Å². The molecule has 0 saturated heterocycles. The fraction of sp³-hybridized carbons (Fsp3) is 0.150. The standard InChI is InChI=1S/C20H15F3N4O2/c1-28-19-5-2-12(8-25-19)11-27-17-6-14(9-24-16(17)10-26-27)13-3-4-15(21)18(7-13)29-20(22)23/h2-10,20H,11H2,1H3. The average Bonchev–Trinajstić information content (AvgIpc) is 3.12. The third kappa shape index (κ3) is 3.98. The fourth-order valence-electron chi connectivity index (χ4n) is 2.91. The van der Waals surface area contributed by atoms with Crippen LogP contribution in [0.2, 0.25) is 0 Å². The topological polar surface area (TPSA) is 62.1 Å². The lowest BCUT2D eigenvalue weighted by atomic mass is 10.1. The van der Waals surface area contributed by atoms with E-state index in [1.807, 2.05) is 12.1 Å². The van der Waals surface area contributed by atoms with Gasteiger partial charge in [-0.1, -0.05) is 12.1 Å². The first-order valence-electron chi connectivity index (χ1n) is 8.58. The van der Waals surface area contributed by atoms with Gasteiger partial charge in [0, 0.05) is 24.0 Å². The highest BCUT2D eigenvalue weighted by molar-refractivity contribution is 5.80. The van der Waals surface area contributed by atoms with Crippen molar-refractivity contribution >= 4 is 11.0 Å². The van der Waals surface area contributed by atoms with Gasteiger partial charge < -0.3 is 9.47 Å². The van der Waals surface area contributed by atoms with Crippen molar-refractivity contribution in [1.29, 1.82) is 0 Å². The normalized spacial score (nSPS) is 11.2. The van der Waals surface area contributed by atoms with Crippen LogP contribution in [0.25, 0.3) is 22.2 Å². The number of fused-ring (bicyclic) bond motifs is 1. The van der Waals surface area contributed by atoms with Gasteiger partial charge in [-0.25, -0.2) is 9.37 Å². The second-order valence-corrected chi connectivity index (χ2v) is 6.16. The number of hydrogen-bond donors (Lipinski definition) is 0. The van der Waals surface area contributed by atoms with Crippen LogP contribution in [-0.4, -0.2) is 33.5 Å². The van der Waals surface area contributed by atoms with Gasteiger partial charge in [0.15, 0.2) is 11.6 Å². The van der Waals surface area contributed by atoms with Crippen LogP contribution in [0.1, 0.15) is 5.56 Å². The largest absolute Gasteiger partial charge is 0.481 e. The lowest BCUT2D eigenvalue weighted by Crippen LogP contribution is -2.04. The molecule has 0 fully saturated rings. The number of aromatic nitrogens is 4. The summed E-state index contributed by atoms with van der Waals surface area (Å²) in [5.74, 6) is -0.864. The summed E-state index contributed by atoms with van der Waals surface area (Å²) in [6.07, 6.45) is 4.90. The maximum Gasteiger partial charge on any atom is 0.387 e. The molecule has 0 N–H and O–H groups in total. The molecule has 0 aliphatic rings. The molecule has 4 aromatic rings. The van der Waals surface area contributed by atoms with E-state index in [4.69, 9.17) is 4.74 Å². The van der Waals surface area contributed by atoms with E-state index in [-0.39, 0.29) is 0 Å². The third-order valence-electron chi connectivity index (χ3n) is 4.31. The average molecular weight is 400 g/mol. The monoisotopic (exact) mass is 400 g/mol. The first kappa shape index (κ1) is 18.7. The Kier molecular flexibility index (Phi) is 5.03. The van der Waals surface area contributed by atoms with Crippen LogP contribution >= 0.6 is 0 Å². The highest BCUT2D eigenvalue weighted by atomic mass is 19.3. The molecular weight excluding hydrogens is 385 g/mol. The lowest BCUT2D eigenvalue weighted by molar-refractivity contribution is -0.0521. The summed E-state index contributed by atoms with van der Waals surface area (Å²) >= 11 is 0. The van der Waals surface area contributed by atoms with E-state index >= 15 is 0 Å². The van der Waals surface area contributed by atoms with Gasteiger partial charge in [-0.05, 0) is 29.3 Å². The van der Waals surface area contributed by atoms with Crippen LogP contribution in [0, 0.1) is 5.82 Å². The number of nitrogens with zero attached hydrogens (tertiary/aromatic N) is 4. The van der Waals surface area contributed by atoms with Crippen LogP contribution in [0.4, 0.5) is 13.2 Å². The van der Waals surface area contributed by atoms with E-state index in [9.17, 15) is 13.2 Å².